The average molecular weight is 682 g/mol. The van der Waals surface area contributed by atoms with Gasteiger partial charge in [-0.25, -0.2) is 8.78 Å². The summed E-state index contributed by atoms with van der Waals surface area (Å²) in [7, 11) is 0. The van der Waals surface area contributed by atoms with Crippen molar-refractivity contribution in [1.29, 1.82) is 5.26 Å². The highest BCUT2D eigenvalue weighted by Crippen LogP contribution is 2.48. The maximum Gasteiger partial charge on any atom is 0.418 e. The van der Waals surface area contributed by atoms with E-state index < -0.39 is 68.4 Å². The number of alkyl halides is 4. The van der Waals surface area contributed by atoms with E-state index in [1.54, 1.807) is 6.07 Å². The van der Waals surface area contributed by atoms with Crippen LogP contribution in [0, 0.1) is 34.3 Å². The number of hydrogen-bond donors (Lipinski definition) is 2. The molecule has 0 amide bonds. The number of nitrogen functional groups attached to an aromatic ring is 1. The number of hydrogen-bond acceptors (Lipinski definition) is 8. The van der Waals surface area contributed by atoms with Gasteiger partial charge in [0.15, 0.2) is 5.82 Å². The molecule has 0 spiro atoms. The molecular weight excluding hydrogens is 648 g/mol. The number of fused-ring (bicyclic) bond motifs is 3. The molecular formula is C32H34ClF6N7O. The Balaban J connectivity index is 1.54. The molecule has 4 atom stereocenters. The van der Waals surface area contributed by atoms with Gasteiger partial charge in [-0.15, -0.1) is 0 Å². The number of likely N-dealkylation sites (tertiary alicyclic amines) is 1. The van der Waals surface area contributed by atoms with E-state index in [1.807, 2.05) is 18.7 Å². The molecule has 2 aromatic carbocycles. The largest absolute Gasteiger partial charge is 0.463 e. The molecule has 252 valence electrons. The van der Waals surface area contributed by atoms with Crippen molar-refractivity contribution in [3.8, 4) is 23.2 Å². The third-order valence-corrected chi connectivity index (χ3v) is 10.1. The van der Waals surface area contributed by atoms with Gasteiger partial charge in [-0.05, 0) is 50.4 Å². The molecule has 0 saturated carbocycles. The Morgan fingerprint density at radius 3 is 2.47 bits per heavy atom. The highest BCUT2D eigenvalue weighted by molar-refractivity contribution is 6.32. The Morgan fingerprint density at radius 2 is 1.85 bits per heavy atom. The van der Waals surface area contributed by atoms with Gasteiger partial charge in [0.1, 0.15) is 23.2 Å². The molecule has 3 aliphatic rings. The lowest BCUT2D eigenvalue weighted by molar-refractivity contribution is -0.137. The van der Waals surface area contributed by atoms with E-state index in [-0.39, 0.29) is 41.8 Å². The third kappa shape index (κ3) is 6.02. The van der Waals surface area contributed by atoms with Crippen molar-refractivity contribution >= 4 is 34.0 Å². The molecule has 3 N–H and O–H groups in total. The molecule has 3 saturated heterocycles. The summed E-state index contributed by atoms with van der Waals surface area (Å²) in [5.41, 5.74) is -0.463. The quantitative estimate of drug-likeness (QED) is 0.220. The summed E-state index contributed by atoms with van der Waals surface area (Å²) in [6.07, 6.45) is -2.80. The summed E-state index contributed by atoms with van der Waals surface area (Å²) < 4.78 is 96.0. The number of nitriles is 1. The minimum Gasteiger partial charge on any atom is -0.463 e. The molecule has 0 unspecified atom stereocenters. The number of halogens is 7. The van der Waals surface area contributed by atoms with Gasteiger partial charge in [0.05, 0.1) is 40.7 Å². The molecule has 3 aromatic rings. The molecule has 3 fully saturated rings. The number of rotatable bonds is 7. The number of aromatic nitrogens is 2. The van der Waals surface area contributed by atoms with Gasteiger partial charge < -0.3 is 25.6 Å². The number of nitrogens with one attached hydrogen (secondary N) is 1. The predicted molar refractivity (Wildman–Crippen MR) is 166 cm³/mol. The Labute approximate surface area is 272 Å². The second kappa shape index (κ2) is 12.5. The third-order valence-electron chi connectivity index (χ3n) is 9.84. The zero-order valence-electron chi connectivity index (χ0n) is 25.8. The van der Waals surface area contributed by atoms with Crippen LogP contribution in [0.1, 0.15) is 44.2 Å². The van der Waals surface area contributed by atoms with Crippen molar-refractivity contribution in [2.75, 3.05) is 56.6 Å². The summed E-state index contributed by atoms with van der Waals surface area (Å²) in [6, 6.07) is 3.06. The Hall–Kier alpha value is -3.54. The molecule has 0 aliphatic carbocycles. The number of piperazine rings is 1. The Kier molecular flexibility index (Phi) is 8.86. The minimum atomic E-state index is -5.19. The highest BCUT2D eigenvalue weighted by atomic mass is 35.5. The first-order valence-corrected chi connectivity index (χ1v) is 15.9. The van der Waals surface area contributed by atoms with Crippen molar-refractivity contribution in [2.45, 2.75) is 51.4 Å². The van der Waals surface area contributed by atoms with Crippen LogP contribution in [0.4, 0.5) is 37.8 Å². The van der Waals surface area contributed by atoms with Crippen LogP contribution in [-0.2, 0) is 6.18 Å². The Morgan fingerprint density at radius 1 is 1.15 bits per heavy atom. The predicted octanol–water partition coefficient (Wildman–Crippen LogP) is 6.34. The standard InChI is InChI=1S/C32H34ClF6N7O/c1-3-45-7-6-16(10-34)31(2,14-45)15-47-30-43-28-19(29(44-30)46-12-17-4-5-18(13-46)42-17)8-22(35)25(27(28)36)24-20(11-40)23(41)9-21(33)26(24)32(37,38)39/h8-9,16-18,42H,3-7,10,12-15,41H2,1-2H3/t16-,17-,18+,31+/m1/s1. The molecule has 3 aliphatic heterocycles. The van der Waals surface area contributed by atoms with Crippen LogP contribution in [-0.4, -0.2) is 73.0 Å². The lowest BCUT2D eigenvalue weighted by atomic mass is 9.73. The van der Waals surface area contributed by atoms with Crippen LogP contribution < -0.4 is 20.7 Å². The van der Waals surface area contributed by atoms with Crippen molar-refractivity contribution in [3.63, 3.8) is 0 Å². The van der Waals surface area contributed by atoms with E-state index in [0.29, 0.717) is 26.1 Å². The Bertz CT molecular complexity index is 1740. The lowest BCUT2D eigenvalue weighted by Crippen LogP contribution is -2.51. The van der Waals surface area contributed by atoms with Gasteiger partial charge in [-0.1, -0.05) is 25.4 Å². The number of nitrogens with two attached hydrogens (primary N) is 1. The molecule has 0 radical (unpaired) electrons. The van der Waals surface area contributed by atoms with Crippen LogP contribution in [0.5, 0.6) is 6.01 Å². The van der Waals surface area contributed by atoms with Crippen molar-refractivity contribution in [3.05, 3.63) is 39.9 Å². The fraction of sp³-hybridized carbons (Fsp3) is 0.531. The summed E-state index contributed by atoms with van der Waals surface area (Å²) in [5.74, 6) is -3.00. The summed E-state index contributed by atoms with van der Waals surface area (Å²) >= 11 is 5.94. The monoisotopic (exact) mass is 681 g/mol. The van der Waals surface area contributed by atoms with E-state index in [2.05, 4.69) is 20.2 Å². The fourth-order valence-corrected chi connectivity index (χ4v) is 7.63. The second-order valence-electron chi connectivity index (χ2n) is 12.9. The van der Waals surface area contributed by atoms with Gasteiger partial charge >= 0.3 is 12.2 Å². The fourth-order valence-electron chi connectivity index (χ4n) is 7.31. The van der Waals surface area contributed by atoms with Crippen molar-refractivity contribution in [2.24, 2.45) is 11.3 Å². The zero-order chi connectivity index (χ0) is 33.8. The number of ether oxygens (including phenoxy) is 1. The molecule has 4 heterocycles. The normalized spacial score (nSPS) is 24.9. The number of piperidine rings is 1. The van der Waals surface area contributed by atoms with Crippen LogP contribution in [0.15, 0.2) is 12.1 Å². The van der Waals surface area contributed by atoms with Crippen LogP contribution in [0.25, 0.3) is 22.0 Å². The first-order chi connectivity index (χ1) is 22.3. The highest BCUT2D eigenvalue weighted by Gasteiger charge is 2.42. The van der Waals surface area contributed by atoms with Crippen LogP contribution in [0.2, 0.25) is 5.02 Å². The smallest absolute Gasteiger partial charge is 0.418 e. The average Bonchev–Trinajstić information content (AvgIpc) is 3.36. The van der Waals surface area contributed by atoms with Gasteiger partial charge in [0.25, 0.3) is 0 Å². The van der Waals surface area contributed by atoms with Gasteiger partial charge in [-0.2, -0.15) is 28.4 Å². The van der Waals surface area contributed by atoms with E-state index in [1.165, 1.54) is 0 Å². The number of benzene rings is 2. The van der Waals surface area contributed by atoms with Gasteiger partial charge in [0, 0.05) is 48.1 Å². The molecule has 2 bridgehead atoms. The molecule has 1 aromatic heterocycles. The first-order valence-electron chi connectivity index (χ1n) is 15.5. The van der Waals surface area contributed by atoms with E-state index in [9.17, 15) is 22.8 Å². The SMILES string of the molecule is CCN1CC[C@H](CF)[C@](C)(COc2nc(N3C[C@H]4CC[C@@H](C3)N4)c3cc(F)c(-c4c(C#N)c(N)cc(Cl)c4C(F)(F)F)c(F)c3n2)C1. The van der Waals surface area contributed by atoms with E-state index in [0.717, 1.165) is 38.1 Å². The minimum absolute atomic E-state index is 0.0207. The lowest BCUT2D eigenvalue weighted by Gasteiger charge is -2.44. The van der Waals surface area contributed by atoms with Crippen molar-refractivity contribution in [1.82, 2.24) is 20.2 Å². The zero-order valence-corrected chi connectivity index (χ0v) is 26.6. The molecule has 8 nitrogen and oxygen atoms in total. The summed E-state index contributed by atoms with van der Waals surface area (Å²) in [5, 5.41) is 12.2. The van der Waals surface area contributed by atoms with Gasteiger partial charge in [-0.3, -0.25) is 4.39 Å². The topological polar surface area (TPSA) is 103 Å². The molecule has 15 heteroatoms. The van der Waals surface area contributed by atoms with Crippen LogP contribution in [0.3, 0.4) is 0 Å². The maximum atomic E-state index is 16.7. The van der Waals surface area contributed by atoms with Gasteiger partial charge in [0.2, 0.25) is 0 Å². The molecule has 47 heavy (non-hydrogen) atoms. The first kappa shape index (κ1) is 33.4. The maximum absolute atomic E-state index is 16.7. The van der Waals surface area contributed by atoms with E-state index in [4.69, 9.17) is 22.1 Å². The number of nitrogens with zero attached hydrogens (tertiary/aromatic N) is 5. The summed E-state index contributed by atoms with van der Waals surface area (Å²) in [6.45, 7) is 6.27. The van der Waals surface area contributed by atoms with Crippen LogP contribution >= 0.6 is 11.6 Å². The second-order valence-corrected chi connectivity index (χ2v) is 13.4. The summed E-state index contributed by atoms with van der Waals surface area (Å²) in [4.78, 5) is 12.9. The number of anilines is 2. The molecule has 6 rings (SSSR count). The van der Waals surface area contributed by atoms with E-state index >= 15 is 8.78 Å². The van der Waals surface area contributed by atoms with Crippen molar-refractivity contribution < 1.29 is 31.1 Å².